The molecule has 1 fully saturated rings. The number of hydrogen-bond donors (Lipinski definition) is 2. The molecule has 1 aliphatic rings. The third-order valence-corrected chi connectivity index (χ3v) is 2.78. The van der Waals surface area contributed by atoms with E-state index in [0.29, 0.717) is 0 Å². The Bertz CT molecular complexity index is 552. The first-order valence-electron chi connectivity index (χ1n) is 5.36. The summed E-state index contributed by atoms with van der Waals surface area (Å²) in [5.41, 5.74) is 1.81. The summed E-state index contributed by atoms with van der Waals surface area (Å²) in [6.45, 7) is 2.42. The minimum atomic E-state index is 0.0103. The maximum atomic E-state index is 11.2. The molecule has 2 N–H and O–H groups in total. The van der Waals surface area contributed by atoms with Crippen molar-refractivity contribution in [2.45, 2.75) is 6.10 Å². The second-order valence-electron chi connectivity index (χ2n) is 3.93. The maximum absolute atomic E-state index is 11.2. The van der Waals surface area contributed by atoms with Crippen molar-refractivity contribution < 1.29 is 4.74 Å². The molecule has 5 nitrogen and oxygen atoms in total. The maximum Gasteiger partial charge on any atom is 0.183 e. The number of fused-ring (bicyclic) bond motifs is 1. The van der Waals surface area contributed by atoms with Gasteiger partial charge >= 0.3 is 0 Å². The molecule has 0 amide bonds. The van der Waals surface area contributed by atoms with Crippen molar-refractivity contribution in [2.75, 3.05) is 19.7 Å². The van der Waals surface area contributed by atoms with Crippen LogP contribution in [0.2, 0.25) is 0 Å². The van der Waals surface area contributed by atoms with Gasteiger partial charge in [0.05, 0.1) is 12.3 Å². The zero-order valence-electron chi connectivity index (χ0n) is 8.77. The number of hydrogen-bond acceptors (Lipinski definition) is 3. The second kappa shape index (κ2) is 3.77. The van der Waals surface area contributed by atoms with Gasteiger partial charge < -0.3 is 19.4 Å². The van der Waals surface area contributed by atoms with E-state index in [1.165, 1.54) is 0 Å². The molecule has 16 heavy (non-hydrogen) atoms. The summed E-state index contributed by atoms with van der Waals surface area (Å²) in [5, 5.41) is 3.27. The first kappa shape index (κ1) is 9.62. The third-order valence-electron chi connectivity index (χ3n) is 2.78. The number of morpholine rings is 1. The van der Waals surface area contributed by atoms with Gasteiger partial charge in [0.25, 0.3) is 0 Å². The van der Waals surface area contributed by atoms with Gasteiger partial charge in [-0.05, 0) is 0 Å². The smallest absolute Gasteiger partial charge is 0.183 e. The van der Waals surface area contributed by atoms with Crippen molar-refractivity contribution in [3.63, 3.8) is 0 Å². The highest BCUT2D eigenvalue weighted by Crippen LogP contribution is 2.17. The number of imidazole rings is 1. The number of H-pyrrole nitrogens is 1. The van der Waals surface area contributed by atoms with Crippen LogP contribution in [0.5, 0.6) is 0 Å². The van der Waals surface area contributed by atoms with Crippen molar-refractivity contribution in [3.8, 4) is 0 Å². The lowest BCUT2D eigenvalue weighted by Crippen LogP contribution is -2.33. The van der Waals surface area contributed by atoms with E-state index < -0.39 is 0 Å². The van der Waals surface area contributed by atoms with Gasteiger partial charge in [0, 0.05) is 37.6 Å². The van der Waals surface area contributed by atoms with Crippen LogP contribution >= 0.6 is 0 Å². The van der Waals surface area contributed by atoms with Crippen LogP contribution in [0.3, 0.4) is 0 Å². The first-order chi connectivity index (χ1) is 7.83. The van der Waals surface area contributed by atoms with E-state index >= 15 is 0 Å². The molecule has 1 saturated heterocycles. The van der Waals surface area contributed by atoms with Gasteiger partial charge in [-0.15, -0.1) is 0 Å². The molecule has 2 aromatic rings. The Kier molecular flexibility index (Phi) is 2.27. The number of nitrogens with one attached hydrogen (secondary N) is 2. The lowest BCUT2D eigenvalue weighted by molar-refractivity contribution is 0.0253. The van der Waals surface area contributed by atoms with E-state index in [1.54, 1.807) is 18.3 Å². The molecule has 1 atom stereocenters. The van der Waals surface area contributed by atoms with E-state index in [9.17, 15) is 4.79 Å². The molecule has 0 spiro atoms. The molecule has 0 radical (unpaired) electrons. The van der Waals surface area contributed by atoms with Gasteiger partial charge in [-0.1, -0.05) is 0 Å². The van der Waals surface area contributed by atoms with Gasteiger partial charge in [-0.2, -0.15) is 0 Å². The fraction of sp³-hybridized carbons (Fsp3) is 0.364. The van der Waals surface area contributed by atoms with Crippen LogP contribution in [0.4, 0.5) is 0 Å². The molecule has 0 aromatic carbocycles. The van der Waals surface area contributed by atoms with Crippen LogP contribution in [0, 0.1) is 0 Å². The average Bonchev–Trinajstić information content (AvgIpc) is 2.73. The Morgan fingerprint density at radius 1 is 1.50 bits per heavy atom. The number of aromatic nitrogens is 2. The monoisotopic (exact) mass is 219 g/mol. The molecule has 3 heterocycles. The third kappa shape index (κ3) is 1.64. The molecule has 0 bridgehead atoms. The van der Waals surface area contributed by atoms with Gasteiger partial charge in [-0.25, -0.2) is 0 Å². The van der Waals surface area contributed by atoms with Crippen LogP contribution in [0.15, 0.2) is 29.3 Å². The Morgan fingerprint density at radius 3 is 3.25 bits per heavy atom. The predicted octanol–water partition coefficient (Wildman–Crippen LogP) is 0.289. The molecule has 3 rings (SSSR count). The number of nitrogens with zero attached hydrogens (tertiary/aromatic N) is 1. The molecule has 0 aliphatic carbocycles. The Labute approximate surface area is 92.0 Å². The van der Waals surface area contributed by atoms with Crippen LogP contribution in [-0.2, 0) is 4.74 Å². The molecule has 1 aliphatic heterocycles. The summed E-state index contributed by atoms with van der Waals surface area (Å²) < 4.78 is 7.54. The summed E-state index contributed by atoms with van der Waals surface area (Å²) in [6, 6.07) is 3.13. The molecule has 1 unspecified atom stereocenters. The summed E-state index contributed by atoms with van der Waals surface area (Å²) in [6.07, 6.45) is 3.77. The van der Waals surface area contributed by atoms with Crippen LogP contribution in [-0.4, -0.2) is 29.1 Å². The van der Waals surface area contributed by atoms with E-state index in [0.717, 1.165) is 31.0 Å². The SMILES string of the molecule is O=c1ccn2cc(C3CNCCO3)[nH]c2c1. The van der Waals surface area contributed by atoms with Crippen molar-refractivity contribution in [3.05, 3.63) is 40.4 Å². The lowest BCUT2D eigenvalue weighted by atomic mass is 10.2. The fourth-order valence-corrected chi connectivity index (χ4v) is 1.96. The van der Waals surface area contributed by atoms with E-state index in [4.69, 9.17) is 4.74 Å². The largest absolute Gasteiger partial charge is 0.369 e. The van der Waals surface area contributed by atoms with Crippen LogP contribution in [0.1, 0.15) is 11.8 Å². The number of ether oxygens (including phenoxy) is 1. The zero-order chi connectivity index (χ0) is 11.0. The summed E-state index contributed by atoms with van der Waals surface area (Å²) >= 11 is 0. The first-order valence-corrected chi connectivity index (χ1v) is 5.36. The lowest BCUT2D eigenvalue weighted by Gasteiger charge is -2.22. The molecule has 84 valence electrons. The van der Waals surface area contributed by atoms with Crippen molar-refractivity contribution in [2.24, 2.45) is 0 Å². The molecule has 2 aromatic heterocycles. The average molecular weight is 219 g/mol. The predicted molar refractivity (Wildman–Crippen MR) is 59.6 cm³/mol. The van der Waals surface area contributed by atoms with Gasteiger partial charge in [0.15, 0.2) is 5.43 Å². The van der Waals surface area contributed by atoms with Crippen molar-refractivity contribution in [1.29, 1.82) is 0 Å². The molecule has 5 heteroatoms. The summed E-state index contributed by atoms with van der Waals surface area (Å²) in [4.78, 5) is 14.4. The van der Waals surface area contributed by atoms with Gasteiger partial charge in [-0.3, -0.25) is 4.79 Å². The Balaban J connectivity index is 2.00. The minimum Gasteiger partial charge on any atom is -0.369 e. The standard InChI is InChI=1S/C11H13N3O2/c15-8-1-3-14-7-9(13-11(14)5-8)10-6-12-2-4-16-10/h1,3,5,7,10,12-13H,2,4,6H2. The molecular weight excluding hydrogens is 206 g/mol. The fourth-order valence-electron chi connectivity index (χ4n) is 1.96. The van der Waals surface area contributed by atoms with Gasteiger partial charge in [0.2, 0.25) is 0 Å². The number of aromatic amines is 1. The number of pyridine rings is 1. The van der Waals surface area contributed by atoms with Crippen molar-refractivity contribution >= 4 is 5.65 Å². The van der Waals surface area contributed by atoms with E-state index in [-0.39, 0.29) is 11.5 Å². The van der Waals surface area contributed by atoms with E-state index in [2.05, 4.69) is 10.3 Å². The quantitative estimate of drug-likeness (QED) is 0.724. The van der Waals surface area contributed by atoms with Crippen LogP contribution < -0.4 is 10.7 Å². The van der Waals surface area contributed by atoms with Crippen LogP contribution in [0.25, 0.3) is 5.65 Å². The zero-order valence-corrected chi connectivity index (χ0v) is 8.77. The highest BCUT2D eigenvalue weighted by molar-refractivity contribution is 5.39. The van der Waals surface area contributed by atoms with Gasteiger partial charge in [0.1, 0.15) is 11.8 Å². The Hall–Kier alpha value is -1.59. The molecule has 0 saturated carbocycles. The number of rotatable bonds is 1. The highest BCUT2D eigenvalue weighted by Gasteiger charge is 2.17. The second-order valence-corrected chi connectivity index (χ2v) is 3.93. The van der Waals surface area contributed by atoms with Crippen molar-refractivity contribution in [1.82, 2.24) is 14.7 Å². The minimum absolute atomic E-state index is 0.0103. The normalized spacial score (nSPS) is 21.4. The van der Waals surface area contributed by atoms with E-state index in [1.807, 2.05) is 10.6 Å². The summed E-state index contributed by atoms with van der Waals surface area (Å²) in [5.74, 6) is 0. The highest BCUT2D eigenvalue weighted by atomic mass is 16.5. The summed E-state index contributed by atoms with van der Waals surface area (Å²) in [7, 11) is 0. The Morgan fingerprint density at radius 2 is 2.44 bits per heavy atom. The molecular formula is C11H13N3O2. The topological polar surface area (TPSA) is 58.5 Å².